The molecule has 7 nitrogen and oxygen atoms in total. The molecule has 1 aliphatic carbocycles. The lowest BCUT2D eigenvalue weighted by Crippen LogP contribution is -2.51. The van der Waals surface area contributed by atoms with E-state index in [-0.39, 0.29) is 11.8 Å². The number of fused-ring (bicyclic) bond motifs is 1. The van der Waals surface area contributed by atoms with Crippen molar-refractivity contribution in [1.29, 1.82) is 0 Å². The largest absolute Gasteiger partial charge is 0.379 e. The number of ether oxygens (including phenoxy) is 1. The fraction of sp³-hybridized carbons (Fsp3) is 0.423. The molecule has 0 radical (unpaired) electrons. The van der Waals surface area contributed by atoms with E-state index < -0.39 is 0 Å². The van der Waals surface area contributed by atoms with E-state index in [0.717, 1.165) is 35.5 Å². The Hall–Kier alpha value is -2.90. The molecule has 3 aromatic rings. The first kappa shape index (κ1) is 22.9. The van der Waals surface area contributed by atoms with Crippen LogP contribution >= 0.6 is 11.6 Å². The molecular formula is C26H29ClN4O3. The maximum absolute atomic E-state index is 12.7. The van der Waals surface area contributed by atoms with Crippen LogP contribution in [0.5, 0.6) is 0 Å². The molecule has 0 atom stereocenters. The number of aryl methyl sites for hydroxylation is 1. The first-order chi connectivity index (χ1) is 16.5. The number of amides is 2. The Morgan fingerprint density at radius 2 is 1.91 bits per heavy atom. The van der Waals surface area contributed by atoms with Gasteiger partial charge >= 0.3 is 0 Å². The molecule has 2 amide bonds. The molecule has 5 rings (SSSR count). The van der Waals surface area contributed by atoms with Crippen molar-refractivity contribution in [3.05, 3.63) is 64.3 Å². The molecule has 2 aromatic carbocycles. The normalized spacial score (nSPS) is 16.0. The van der Waals surface area contributed by atoms with E-state index in [4.69, 9.17) is 16.3 Å². The monoisotopic (exact) mass is 480 g/mol. The minimum Gasteiger partial charge on any atom is -0.379 e. The first-order valence-electron chi connectivity index (χ1n) is 11.8. The molecule has 2 fully saturated rings. The van der Waals surface area contributed by atoms with Crippen LogP contribution < -0.4 is 5.32 Å². The van der Waals surface area contributed by atoms with Crippen LogP contribution in [0.1, 0.15) is 39.1 Å². The lowest BCUT2D eigenvalue weighted by atomic mass is 9.99. The van der Waals surface area contributed by atoms with E-state index in [1.807, 2.05) is 34.8 Å². The van der Waals surface area contributed by atoms with Gasteiger partial charge in [0.2, 0.25) is 0 Å². The molecule has 0 unspecified atom stereocenters. The van der Waals surface area contributed by atoms with Crippen LogP contribution in [-0.4, -0.2) is 59.3 Å². The maximum atomic E-state index is 12.7. The number of benzene rings is 2. The summed E-state index contributed by atoms with van der Waals surface area (Å²) in [7, 11) is 0. The Morgan fingerprint density at radius 1 is 1.15 bits per heavy atom. The van der Waals surface area contributed by atoms with Crippen molar-refractivity contribution in [3.8, 4) is 0 Å². The Kier molecular flexibility index (Phi) is 6.57. The lowest BCUT2D eigenvalue weighted by molar-refractivity contribution is 0.0462. The summed E-state index contributed by atoms with van der Waals surface area (Å²) in [6.45, 7) is 5.92. The SMILES string of the molecule is Cc1cc2nn(CC3CN(C(=O)c4ccc(Cl)cc4)C3)cc2cc1C(=O)NCCOCC1CC1. The number of nitrogens with zero attached hydrogens (tertiary/aromatic N) is 3. The number of halogens is 1. The molecule has 2 heterocycles. The van der Waals surface area contributed by atoms with Gasteiger partial charge < -0.3 is 15.0 Å². The third kappa shape index (κ3) is 5.26. The summed E-state index contributed by atoms with van der Waals surface area (Å²) in [5, 5.41) is 9.20. The highest BCUT2D eigenvalue weighted by Gasteiger charge is 2.31. The van der Waals surface area contributed by atoms with Crippen molar-refractivity contribution in [1.82, 2.24) is 20.0 Å². The van der Waals surface area contributed by atoms with Crippen LogP contribution in [0.15, 0.2) is 42.6 Å². The summed E-state index contributed by atoms with van der Waals surface area (Å²) in [5.74, 6) is 1.02. The maximum Gasteiger partial charge on any atom is 0.253 e. The van der Waals surface area contributed by atoms with Gasteiger partial charge in [-0.2, -0.15) is 5.10 Å². The third-order valence-electron chi connectivity index (χ3n) is 6.51. The molecule has 1 saturated heterocycles. The van der Waals surface area contributed by atoms with E-state index in [2.05, 4.69) is 10.4 Å². The Bertz CT molecular complexity index is 1200. The smallest absolute Gasteiger partial charge is 0.253 e. The molecule has 34 heavy (non-hydrogen) atoms. The van der Waals surface area contributed by atoms with Crippen molar-refractivity contribution < 1.29 is 14.3 Å². The first-order valence-corrected chi connectivity index (χ1v) is 12.2. The molecule has 0 bridgehead atoms. The number of aromatic nitrogens is 2. The van der Waals surface area contributed by atoms with Gasteiger partial charge in [0, 0.05) is 66.4 Å². The standard InChI is InChI=1S/C26H29ClN4O3/c1-17-10-24-21(11-23(17)25(32)28-8-9-34-16-18-2-3-18)15-31(29-24)14-19-12-30(13-19)26(33)20-4-6-22(27)7-5-20/h4-7,10-11,15,18-19H,2-3,8-9,12-14,16H2,1H3,(H,28,32). The third-order valence-corrected chi connectivity index (χ3v) is 6.76. The second-order valence-corrected chi connectivity index (χ2v) is 9.87. The quantitative estimate of drug-likeness (QED) is 0.471. The number of likely N-dealkylation sites (tertiary alicyclic amines) is 1. The number of nitrogens with one attached hydrogen (secondary N) is 1. The van der Waals surface area contributed by atoms with Crippen molar-refractivity contribution >= 4 is 34.3 Å². The minimum atomic E-state index is -0.0856. The van der Waals surface area contributed by atoms with Crippen LogP contribution in [0, 0.1) is 18.8 Å². The van der Waals surface area contributed by atoms with E-state index >= 15 is 0 Å². The lowest BCUT2D eigenvalue weighted by Gasteiger charge is -2.39. The van der Waals surface area contributed by atoms with E-state index in [0.29, 0.717) is 48.3 Å². The summed E-state index contributed by atoms with van der Waals surface area (Å²) in [5.41, 5.74) is 3.09. The van der Waals surface area contributed by atoms with Gasteiger partial charge in [-0.15, -0.1) is 0 Å². The number of carbonyl (C=O) groups excluding carboxylic acids is 2. The van der Waals surface area contributed by atoms with Gasteiger partial charge in [0.25, 0.3) is 11.8 Å². The van der Waals surface area contributed by atoms with Gasteiger partial charge in [0.05, 0.1) is 12.1 Å². The molecule has 1 aromatic heterocycles. The van der Waals surface area contributed by atoms with Gasteiger partial charge in [-0.25, -0.2) is 0 Å². The predicted molar refractivity (Wildman–Crippen MR) is 131 cm³/mol. The Morgan fingerprint density at radius 3 is 2.65 bits per heavy atom. The van der Waals surface area contributed by atoms with Gasteiger partial charge in [0.15, 0.2) is 0 Å². The van der Waals surface area contributed by atoms with E-state index in [1.54, 1.807) is 24.3 Å². The number of carbonyl (C=O) groups is 2. The number of hydrogen-bond acceptors (Lipinski definition) is 4. The van der Waals surface area contributed by atoms with Crippen LogP contribution in [0.3, 0.4) is 0 Å². The fourth-order valence-electron chi connectivity index (χ4n) is 4.32. The predicted octanol–water partition coefficient (Wildman–Crippen LogP) is 3.93. The number of hydrogen-bond donors (Lipinski definition) is 1. The summed E-state index contributed by atoms with van der Waals surface area (Å²) >= 11 is 5.91. The summed E-state index contributed by atoms with van der Waals surface area (Å²) in [4.78, 5) is 27.1. The highest BCUT2D eigenvalue weighted by Crippen LogP contribution is 2.28. The number of rotatable bonds is 9. The highest BCUT2D eigenvalue weighted by molar-refractivity contribution is 6.30. The second-order valence-electron chi connectivity index (χ2n) is 9.43. The van der Waals surface area contributed by atoms with Crippen LogP contribution in [0.25, 0.3) is 10.9 Å². The molecule has 1 N–H and O–H groups in total. The zero-order valence-electron chi connectivity index (χ0n) is 19.3. The summed E-state index contributed by atoms with van der Waals surface area (Å²) in [6, 6.07) is 10.9. The van der Waals surface area contributed by atoms with E-state index in [1.165, 1.54) is 12.8 Å². The van der Waals surface area contributed by atoms with Gasteiger partial charge in [-0.1, -0.05) is 11.6 Å². The average Bonchev–Trinajstić information content (AvgIpc) is 3.53. The van der Waals surface area contributed by atoms with Crippen molar-refractivity contribution in [2.24, 2.45) is 11.8 Å². The molecule has 1 saturated carbocycles. The summed E-state index contributed by atoms with van der Waals surface area (Å²) < 4.78 is 7.52. The fourth-order valence-corrected chi connectivity index (χ4v) is 4.45. The van der Waals surface area contributed by atoms with Crippen LogP contribution in [0.2, 0.25) is 5.02 Å². The highest BCUT2D eigenvalue weighted by atomic mass is 35.5. The van der Waals surface area contributed by atoms with Gasteiger partial charge in [-0.3, -0.25) is 14.3 Å². The van der Waals surface area contributed by atoms with Gasteiger partial charge in [-0.05, 0) is 67.6 Å². The van der Waals surface area contributed by atoms with Crippen LogP contribution in [-0.2, 0) is 11.3 Å². The second kappa shape index (κ2) is 9.76. The van der Waals surface area contributed by atoms with Crippen molar-refractivity contribution in [2.75, 3.05) is 32.8 Å². The van der Waals surface area contributed by atoms with Crippen molar-refractivity contribution in [2.45, 2.75) is 26.3 Å². The molecule has 2 aliphatic rings. The topological polar surface area (TPSA) is 76.5 Å². The molecular weight excluding hydrogens is 452 g/mol. The summed E-state index contributed by atoms with van der Waals surface area (Å²) in [6.07, 6.45) is 4.51. The van der Waals surface area contributed by atoms with Crippen LogP contribution in [0.4, 0.5) is 0 Å². The molecule has 8 heteroatoms. The average molecular weight is 481 g/mol. The minimum absolute atomic E-state index is 0.0303. The zero-order chi connectivity index (χ0) is 23.7. The molecule has 178 valence electrons. The van der Waals surface area contributed by atoms with Crippen molar-refractivity contribution in [3.63, 3.8) is 0 Å². The molecule has 0 spiro atoms. The molecule has 1 aliphatic heterocycles. The Balaban J connectivity index is 1.15. The zero-order valence-corrected chi connectivity index (χ0v) is 20.1. The van der Waals surface area contributed by atoms with Gasteiger partial charge in [0.1, 0.15) is 0 Å². The van der Waals surface area contributed by atoms with E-state index in [9.17, 15) is 9.59 Å². The Labute approximate surface area is 204 Å².